The van der Waals surface area contributed by atoms with Crippen LogP contribution in [0.1, 0.15) is 24.8 Å². The minimum Gasteiger partial charge on any atom is -0.508 e. The van der Waals surface area contributed by atoms with E-state index in [0.29, 0.717) is 5.75 Å². The molecule has 1 aromatic rings. The summed E-state index contributed by atoms with van der Waals surface area (Å²) in [6.45, 7) is 2.46. The van der Waals surface area contributed by atoms with Crippen molar-refractivity contribution in [1.29, 1.82) is 0 Å². The number of piperidine rings is 1. The van der Waals surface area contributed by atoms with Crippen LogP contribution in [0.25, 0.3) is 0 Å². The van der Waals surface area contributed by atoms with Crippen LogP contribution in [0.4, 0.5) is 0 Å². The Labute approximate surface area is 97.9 Å². The molecule has 0 bridgehead atoms. The highest BCUT2D eigenvalue weighted by atomic mass is 16.3. The number of hydrogen-bond acceptors (Lipinski definition) is 2. The zero-order chi connectivity index (χ0) is 11.4. The monoisotopic (exact) mass is 219 g/mol. The number of phenols is 1. The first-order valence-electron chi connectivity index (χ1n) is 6.21. The molecule has 0 spiro atoms. The van der Waals surface area contributed by atoms with E-state index >= 15 is 0 Å². The number of para-hydroxylation sites is 1. The lowest BCUT2D eigenvalue weighted by Crippen LogP contribution is -2.32. The van der Waals surface area contributed by atoms with Gasteiger partial charge in [-0.25, -0.2) is 0 Å². The Morgan fingerprint density at radius 1 is 1.38 bits per heavy atom. The van der Waals surface area contributed by atoms with E-state index in [1.807, 2.05) is 18.2 Å². The third kappa shape index (κ3) is 2.99. The van der Waals surface area contributed by atoms with Crippen LogP contribution in [0.3, 0.4) is 0 Å². The lowest BCUT2D eigenvalue weighted by atomic mass is 9.92. The van der Waals surface area contributed by atoms with Gasteiger partial charge in [0, 0.05) is 6.54 Å². The van der Waals surface area contributed by atoms with Crippen molar-refractivity contribution in [2.24, 2.45) is 5.92 Å². The molecule has 1 aliphatic rings. The van der Waals surface area contributed by atoms with Gasteiger partial charge in [0.05, 0.1) is 0 Å². The van der Waals surface area contributed by atoms with Gasteiger partial charge in [-0.2, -0.15) is 0 Å². The van der Waals surface area contributed by atoms with Gasteiger partial charge in [0.15, 0.2) is 0 Å². The topological polar surface area (TPSA) is 23.5 Å². The average molecular weight is 219 g/mol. The van der Waals surface area contributed by atoms with Gasteiger partial charge in [-0.1, -0.05) is 18.2 Å². The number of likely N-dealkylation sites (tertiary alicyclic amines) is 1. The van der Waals surface area contributed by atoms with E-state index in [9.17, 15) is 5.11 Å². The zero-order valence-corrected chi connectivity index (χ0v) is 10.0. The summed E-state index contributed by atoms with van der Waals surface area (Å²) >= 11 is 0. The van der Waals surface area contributed by atoms with Crippen LogP contribution in [0, 0.1) is 5.92 Å². The highest BCUT2D eigenvalue weighted by Gasteiger charge is 2.17. The maximum atomic E-state index is 9.68. The highest BCUT2D eigenvalue weighted by molar-refractivity contribution is 5.31. The minimum absolute atomic E-state index is 0.451. The molecule has 1 unspecified atom stereocenters. The Morgan fingerprint density at radius 3 is 2.94 bits per heavy atom. The van der Waals surface area contributed by atoms with Gasteiger partial charge < -0.3 is 10.0 Å². The summed E-state index contributed by atoms with van der Waals surface area (Å²) in [5.74, 6) is 1.25. The van der Waals surface area contributed by atoms with Gasteiger partial charge >= 0.3 is 0 Å². The Hall–Kier alpha value is -1.02. The second-order valence-corrected chi connectivity index (χ2v) is 4.94. The van der Waals surface area contributed by atoms with E-state index < -0.39 is 0 Å². The van der Waals surface area contributed by atoms with Crippen molar-refractivity contribution in [3.63, 3.8) is 0 Å². The quantitative estimate of drug-likeness (QED) is 0.845. The third-order valence-electron chi connectivity index (χ3n) is 3.54. The fraction of sp³-hybridized carbons (Fsp3) is 0.571. The molecule has 2 nitrogen and oxygen atoms in total. The Kier molecular flexibility index (Phi) is 3.83. The van der Waals surface area contributed by atoms with Gasteiger partial charge in [0.2, 0.25) is 0 Å². The fourth-order valence-corrected chi connectivity index (χ4v) is 2.59. The SMILES string of the molecule is CN1CCCC(CCc2ccccc2O)C1. The molecule has 0 radical (unpaired) electrons. The summed E-state index contributed by atoms with van der Waals surface area (Å²) in [6, 6.07) is 7.69. The van der Waals surface area contributed by atoms with Crippen LogP contribution in [-0.4, -0.2) is 30.1 Å². The average Bonchev–Trinajstić information content (AvgIpc) is 2.28. The summed E-state index contributed by atoms with van der Waals surface area (Å²) < 4.78 is 0. The van der Waals surface area contributed by atoms with Crippen LogP contribution < -0.4 is 0 Å². The first-order valence-corrected chi connectivity index (χ1v) is 6.21. The molecular formula is C14H21NO. The molecule has 1 saturated heterocycles. The molecule has 1 aromatic carbocycles. The molecular weight excluding hydrogens is 198 g/mol. The van der Waals surface area contributed by atoms with Crippen LogP contribution in [-0.2, 0) is 6.42 Å². The zero-order valence-electron chi connectivity index (χ0n) is 10.0. The molecule has 0 saturated carbocycles. The summed E-state index contributed by atoms with van der Waals surface area (Å²) in [5.41, 5.74) is 1.09. The number of hydrogen-bond donors (Lipinski definition) is 1. The molecule has 1 atom stereocenters. The molecule has 1 N–H and O–H groups in total. The van der Waals surface area contributed by atoms with Crippen molar-refractivity contribution >= 4 is 0 Å². The van der Waals surface area contributed by atoms with E-state index in [0.717, 1.165) is 17.9 Å². The first kappa shape index (κ1) is 11.5. The van der Waals surface area contributed by atoms with Crippen LogP contribution in [0.5, 0.6) is 5.75 Å². The molecule has 1 fully saturated rings. The van der Waals surface area contributed by atoms with Crippen LogP contribution in [0.15, 0.2) is 24.3 Å². The number of phenolic OH excluding ortho intramolecular Hbond substituents is 1. The maximum absolute atomic E-state index is 9.68. The molecule has 2 rings (SSSR count). The van der Waals surface area contributed by atoms with E-state index in [1.54, 1.807) is 6.07 Å². The summed E-state index contributed by atoms with van der Waals surface area (Å²) in [4.78, 5) is 2.42. The van der Waals surface area contributed by atoms with E-state index in [2.05, 4.69) is 11.9 Å². The summed E-state index contributed by atoms with van der Waals surface area (Å²) in [7, 11) is 2.20. The molecule has 88 valence electrons. The van der Waals surface area contributed by atoms with Gasteiger partial charge in [-0.05, 0) is 56.8 Å². The van der Waals surface area contributed by atoms with Gasteiger partial charge in [0.1, 0.15) is 5.75 Å². The maximum Gasteiger partial charge on any atom is 0.118 e. The lowest BCUT2D eigenvalue weighted by Gasteiger charge is -2.29. The van der Waals surface area contributed by atoms with E-state index in [1.165, 1.54) is 32.4 Å². The first-order chi connectivity index (χ1) is 7.75. The van der Waals surface area contributed by atoms with Gasteiger partial charge in [-0.3, -0.25) is 0 Å². The van der Waals surface area contributed by atoms with Gasteiger partial charge in [0.25, 0.3) is 0 Å². The summed E-state index contributed by atoms with van der Waals surface area (Å²) in [6.07, 6.45) is 4.87. The van der Waals surface area contributed by atoms with Crippen molar-refractivity contribution < 1.29 is 5.11 Å². The number of aryl methyl sites for hydroxylation is 1. The molecule has 1 heterocycles. The number of nitrogens with zero attached hydrogens (tertiary/aromatic N) is 1. The Morgan fingerprint density at radius 2 is 2.19 bits per heavy atom. The predicted octanol–water partition coefficient (Wildman–Crippen LogP) is 2.67. The Balaban J connectivity index is 1.85. The molecule has 0 aliphatic carbocycles. The largest absolute Gasteiger partial charge is 0.508 e. The minimum atomic E-state index is 0.451. The number of benzene rings is 1. The summed E-state index contributed by atoms with van der Waals surface area (Å²) in [5, 5.41) is 9.68. The van der Waals surface area contributed by atoms with E-state index in [4.69, 9.17) is 0 Å². The number of rotatable bonds is 3. The van der Waals surface area contributed by atoms with Crippen LogP contribution >= 0.6 is 0 Å². The molecule has 1 aliphatic heterocycles. The second kappa shape index (κ2) is 5.35. The van der Waals surface area contributed by atoms with Crippen LogP contribution in [0.2, 0.25) is 0 Å². The number of aromatic hydroxyl groups is 1. The second-order valence-electron chi connectivity index (χ2n) is 4.94. The third-order valence-corrected chi connectivity index (χ3v) is 3.54. The van der Waals surface area contributed by atoms with Crippen molar-refractivity contribution in [3.05, 3.63) is 29.8 Å². The van der Waals surface area contributed by atoms with Crippen molar-refractivity contribution in [2.45, 2.75) is 25.7 Å². The lowest BCUT2D eigenvalue weighted by molar-refractivity contribution is 0.202. The van der Waals surface area contributed by atoms with Crippen molar-refractivity contribution in [1.82, 2.24) is 4.90 Å². The molecule has 16 heavy (non-hydrogen) atoms. The van der Waals surface area contributed by atoms with Gasteiger partial charge in [-0.15, -0.1) is 0 Å². The smallest absolute Gasteiger partial charge is 0.118 e. The highest BCUT2D eigenvalue weighted by Crippen LogP contribution is 2.23. The van der Waals surface area contributed by atoms with E-state index in [-0.39, 0.29) is 0 Å². The normalized spacial score (nSPS) is 22.2. The standard InChI is InChI=1S/C14H21NO/c1-15-10-4-5-12(11-15)8-9-13-6-2-3-7-14(13)16/h2-3,6-7,12,16H,4-5,8-11H2,1H3. The Bertz CT molecular complexity index is 337. The molecule has 0 aromatic heterocycles. The van der Waals surface area contributed by atoms with Crippen molar-refractivity contribution in [2.75, 3.05) is 20.1 Å². The predicted molar refractivity (Wildman–Crippen MR) is 66.6 cm³/mol. The van der Waals surface area contributed by atoms with Crippen molar-refractivity contribution in [3.8, 4) is 5.75 Å². The fourth-order valence-electron chi connectivity index (χ4n) is 2.59. The molecule has 0 amide bonds. The molecule has 2 heteroatoms.